The number of aromatic nitrogens is 2. The second-order valence-corrected chi connectivity index (χ2v) is 7.97. The molecule has 1 aromatic carbocycles. The molecule has 2 aromatic rings. The van der Waals surface area contributed by atoms with Gasteiger partial charge in [0.2, 0.25) is 0 Å². The average Bonchev–Trinajstić information content (AvgIpc) is 3.01. The van der Waals surface area contributed by atoms with Crippen LogP contribution in [0.2, 0.25) is 5.02 Å². The number of hydrogen-bond acceptors (Lipinski definition) is 4. The number of anilines is 1. The van der Waals surface area contributed by atoms with Crippen LogP contribution in [0.25, 0.3) is 0 Å². The van der Waals surface area contributed by atoms with Gasteiger partial charge in [0.1, 0.15) is 11.5 Å². The van der Waals surface area contributed by atoms with Crippen LogP contribution in [0.4, 0.5) is 14.9 Å². The first-order valence-electron chi connectivity index (χ1n) is 9.63. The molecule has 1 N–H and O–H groups in total. The number of carbonyl (C=O) groups is 3. The average molecular weight is 434 g/mol. The molecule has 30 heavy (non-hydrogen) atoms. The van der Waals surface area contributed by atoms with Crippen LogP contribution in [-0.2, 0) is 24.3 Å². The number of carbonyl (C=O) groups excluding carboxylic acids is 3. The molecule has 4 rings (SSSR count). The van der Waals surface area contributed by atoms with Crippen LogP contribution >= 0.6 is 11.6 Å². The first-order valence-corrected chi connectivity index (χ1v) is 10.0. The molecular formula is C20H21ClFN5O3. The highest BCUT2D eigenvalue weighted by molar-refractivity contribution is 6.31. The number of benzene rings is 1. The molecular weight excluding hydrogens is 413 g/mol. The van der Waals surface area contributed by atoms with Gasteiger partial charge in [-0.2, -0.15) is 5.10 Å². The third-order valence-electron chi connectivity index (χ3n) is 5.63. The summed E-state index contributed by atoms with van der Waals surface area (Å²) in [5.74, 6) is -0.898. The lowest BCUT2D eigenvalue weighted by Crippen LogP contribution is -2.42. The molecule has 1 aromatic heterocycles. The van der Waals surface area contributed by atoms with Gasteiger partial charge in [0.15, 0.2) is 5.78 Å². The monoisotopic (exact) mass is 433 g/mol. The maximum absolute atomic E-state index is 13.3. The molecule has 0 saturated heterocycles. The summed E-state index contributed by atoms with van der Waals surface area (Å²) in [4.78, 5) is 40.7. The van der Waals surface area contributed by atoms with Crippen LogP contribution in [0.1, 0.15) is 35.1 Å². The smallest absolute Gasteiger partial charge is 0.322 e. The first-order chi connectivity index (χ1) is 14.3. The molecule has 158 valence electrons. The van der Waals surface area contributed by atoms with Crippen molar-refractivity contribution in [3.05, 3.63) is 46.0 Å². The molecule has 10 heteroatoms. The molecule has 0 aliphatic carbocycles. The summed E-state index contributed by atoms with van der Waals surface area (Å²) >= 11 is 5.78. The van der Waals surface area contributed by atoms with Crippen molar-refractivity contribution in [2.75, 3.05) is 18.9 Å². The second-order valence-electron chi connectivity index (χ2n) is 7.56. The van der Waals surface area contributed by atoms with Crippen LogP contribution in [0.15, 0.2) is 18.2 Å². The van der Waals surface area contributed by atoms with E-state index in [0.29, 0.717) is 42.9 Å². The third kappa shape index (κ3) is 3.54. The number of ketones is 1. The maximum atomic E-state index is 13.3. The van der Waals surface area contributed by atoms with E-state index in [1.165, 1.54) is 30.0 Å². The highest BCUT2D eigenvalue weighted by Gasteiger charge is 2.36. The van der Waals surface area contributed by atoms with Crippen LogP contribution < -0.4 is 5.32 Å². The number of amides is 3. The number of hydrogen-bond donors (Lipinski definition) is 1. The largest absolute Gasteiger partial charge is 0.330 e. The Balaban J connectivity index is 1.56. The fourth-order valence-electron chi connectivity index (χ4n) is 4.00. The lowest BCUT2D eigenvalue weighted by molar-refractivity contribution is -0.121. The van der Waals surface area contributed by atoms with Gasteiger partial charge in [0, 0.05) is 37.8 Å². The van der Waals surface area contributed by atoms with Gasteiger partial charge in [-0.1, -0.05) is 11.6 Å². The lowest BCUT2D eigenvalue weighted by atomic mass is 10.0. The number of likely N-dealkylation sites (N-methyl/N-ethyl adjacent to an activating group) is 1. The summed E-state index contributed by atoms with van der Waals surface area (Å²) in [6, 6.07) is 3.10. The predicted octanol–water partition coefficient (Wildman–Crippen LogP) is 2.70. The number of fused-ring (bicyclic) bond motifs is 3. The Morgan fingerprint density at radius 2 is 2.07 bits per heavy atom. The van der Waals surface area contributed by atoms with Gasteiger partial charge in [0.25, 0.3) is 5.91 Å². The highest BCUT2D eigenvalue weighted by Crippen LogP contribution is 2.28. The Bertz CT molecular complexity index is 1050. The quantitative estimate of drug-likeness (QED) is 0.788. The zero-order valence-electron chi connectivity index (χ0n) is 16.6. The van der Waals surface area contributed by atoms with Gasteiger partial charge >= 0.3 is 6.03 Å². The van der Waals surface area contributed by atoms with Crippen molar-refractivity contribution in [1.29, 1.82) is 0 Å². The molecule has 0 saturated carbocycles. The number of nitrogens with zero attached hydrogens (tertiary/aromatic N) is 4. The Morgan fingerprint density at radius 1 is 1.30 bits per heavy atom. The number of urea groups is 1. The maximum Gasteiger partial charge on any atom is 0.322 e. The van der Waals surface area contributed by atoms with Crippen LogP contribution in [0.5, 0.6) is 0 Å². The Morgan fingerprint density at radius 3 is 2.77 bits per heavy atom. The van der Waals surface area contributed by atoms with Crippen LogP contribution in [0, 0.1) is 5.82 Å². The van der Waals surface area contributed by atoms with Crippen LogP contribution in [-0.4, -0.2) is 56.9 Å². The number of halogens is 2. The van der Waals surface area contributed by atoms with Crippen molar-refractivity contribution in [2.24, 2.45) is 0 Å². The van der Waals surface area contributed by atoms with E-state index in [2.05, 4.69) is 10.4 Å². The normalized spacial score (nSPS) is 18.5. The van der Waals surface area contributed by atoms with E-state index in [9.17, 15) is 18.8 Å². The highest BCUT2D eigenvalue weighted by atomic mass is 35.5. The first kappa shape index (κ1) is 20.3. The van der Waals surface area contributed by atoms with Gasteiger partial charge in [-0.3, -0.25) is 14.3 Å². The lowest BCUT2D eigenvalue weighted by Gasteiger charge is -2.28. The fourth-order valence-corrected chi connectivity index (χ4v) is 4.18. The molecule has 3 amide bonds. The van der Waals surface area contributed by atoms with Crippen molar-refractivity contribution in [3.63, 3.8) is 0 Å². The van der Waals surface area contributed by atoms with E-state index in [0.717, 1.165) is 5.69 Å². The molecule has 0 spiro atoms. The van der Waals surface area contributed by atoms with Crippen molar-refractivity contribution < 1.29 is 18.8 Å². The molecule has 1 unspecified atom stereocenters. The minimum absolute atomic E-state index is 0.0653. The molecule has 8 nitrogen and oxygen atoms in total. The van der Waals surface area contributed by atoms with Gasteiger partial charge in [-0.25, -0.2) is 9.18 Å². The van der Waals surface area contributed by atoms with E-state index in [4.69, 9.17) is 11.6 Å². The second kappa shape index (κ2) is 7.71. The number of rotatable bonds is 2. The number of aryl methyl sites for hydroxylation is 1. The number of nitrogens with one attached hydrogen (secondary N) is 1. The topological polar surface area (TPSA) is 87.5 Å². The zero-order chi connectivity index (χ0) is 21.6. The van der Waals surface area contributed by atoms with Gasteiger partial charge in [0.05, 0.1) is 23.3 Å². The molecule has 0 bridgehead atoms. The summed E-state index contributed by atoms with van der Waals surface area (Å²) in [6.45, 7) is 2.59. The van der Waals surface area contributed by atoms with E-state index in [-0.39, 0.29) is 29.3 Å². The van der Waals surface area contributed by atoms with Crippen molar-refractivity contribution >= 4 is 35.0 Å². The molecule has 2 aliphatic heterocycles. The standard InChI is InChI=1S/C20H21ClFN5O3/c1-11(28)17-6-8-27-18(19(29)25(17)2)13-10-26(7-5-16(13)24-27)20(30)23-12-3-4-15(22)14(21)9-12/h3-4,9,17H,5-8,10H2,1-2H3,(H,23,30). The summed E-state index contributed by atoms with van der Waals surface area (Å²) < 4.78 is 15.0. The summed E-state index contributed by atoms with van der Waals surface area (Å²) in [5.41, 5.74) is 2.31. The van der Waals surface area contributed by atoms with E-state index < -0.39 is 11.9 Å². The SMILES string of the molecule is CC(=O)C1CCn2nc3c(c2C(=O)N1C)CN(C(=O)Nc1ccc(F)c(Cl)c1)CC3. The van der Waals surface area contributed by atoms with E-state index >= 15 is 0 Å². The van der Waals surface area contributed by atoms with Crippen molar-refractivity contribution in [3.8, 4) is 0 Å². The molecule has 2 aliphatic rings. The Kier molecular flexibility index (Phi) is 5.23. The molecule has 0 radical (unpaired) electrons. The zero-order valence-corrected chi connectivity index (χ0v) is 17.4. The Labute approximate surface area is 177 Å². The fraction of sp³-hybridized carbons (Fsp3) is 0.400. The van der Waals surface area contributed by atoms with Gasteiger partial charge in [-0.05, 0) is 31.5 Å². The van der Waals surface area contributed by atoms with E-state index in [1.807, 2.05) is 0 Å². The molecule has 3 heterocycles. The summed E-state index contributed by atoms with van der Waals surface area (Å²) in [7, 11) is 1.62. The Hall–Kier alpha value is -2.94. The third-order valence-corrected chi connectivity index (χ3v) is 5.92. The summed E-state index contributed by atoms with van der Waals surface area (Å²) in [6.07, 6.45) is 1.01. The summed E-state index contributed by atoms with van der Waals surface area (Å²) in [5, 5.41) is 7.20. The molecule has 0 fully saturated rings. The minimum Gasteiger partial charge on any atom is -0.330 e. The van der Waals surface area contributed by atoms with Gasteiger partial charge < -0.3 is 15.1 Å². The van der Waals surface area contributed by atoms with E-state index in [1.54, 1.807) is 16.6 Å². The van der Waals surface area contributed by atoms with Crippen molar-refractivity contribution in [2.45, 2.75) is 38.9 Å². The van der Waals surface area contributed by atoms with Gasteiger partial charge in [-0.15, -0.1) is 0 Å². The number of Topliss-reactive ketones (excluding diaryl/α,β-unsaturated/α-hetero) is 1. The minimum atomic E-state index is -0.564. The molecule has 1 atom stereocenters. The van der Waals surface area contributed by atoms with Crippen LogP contribution in [0.3, 0.4) is 0 Å². The van der Waals surface area contributed by atoms with Crippen molar-refractivity contribution in [1.82, 2.24) is 19.6 Å². The predicted molar refractivity (Wildman–Crippen MR) is 108 cm³/mol.